The van der Waals surface area contributed by atoms with Gasteiger partial charge in [-0.1, -0.05) is 0 Å². The van der Waals surface area contributed by atoms with Gasteiger partial charge in [0, 0.05) is 28.2 Å². The fraction of sp³-hybridized carbons (Fsp3) is 0.238. The Morgan fingerprint density at radius 1 is 1.07 bits per heavy atom. The van der Waals surface area contributed by atoms with E-state index in [2.05, 4.69) is 15.5 Å². The Kier molecular flexibility index (Phi) is 5.84. The first-order valence-electron chi connectivity index (χ1n) is 8.74. The van der Waals surface area contributed by atoms with Crippen molar-refractivity contribution in [2.45, 2.75) is 13.3 Å². The lowest BCUT2D eigenvalue weighted by molar-refractivity contribution is -0.120. The molecule has 0 unspecified atom stereocenters. The number of nitrogens with one attached hydrogen (secondary N) is 2. The number of H-pyrrole nitrogens is 1. The van der Waals surface area contributed by atoms with Crippen LogP contribution in [0.25, 0.3) is 10.9 Å². The van der Waals surface area contributed by atoms with Gasteiger partial charge in [0.1, 0.15) is 17.2 Å². The van der Waals surface area contributed by atoms with Gasteiger partial charge in [-0.2, -0.15) is 5.10 Å². The highest BCUT2D eigenvalue weighted by Gasteiger charge is 2.13. The molecule has 28 heavy (non-hydrogen) atoms. The smallest absolute Gasteiger partial charge is 0.244 e. The van der Waals surface area contributed by atoms with E-state index in [1.165, 1.54) is 0 Å². The summed E-state index contributed by atoms with van der Waals surface area (Å²) in [5.74, 6) is 1.83. The summed E-state index contributed by atoms with van der Waals surface area (Å²) in [6.07, 6.45) is 1.75. The van der Waals surface area contributed by atoms with Gasteiger partial charge >= 0.3 is 0 Å². The number of carbonyl (C=O) groups excluding carboxylic acids is 1. The minimum Gasteiger partial charge on any atom is -0.497 e. The molecule has 7 nitrogen and oxygen atoms in total. The van der Waals surface area contributed by atoms with Crippen LogP contribution in [0.3, 0.4) is 0 Å². The van der Waals surface area contributed by atoms with E-state index in [4.69, 9.17) is 14.2 Å². The second-order valence-corrected chi connectivity index (χ2v) is 6.22. The Balaban J connectivity index is 1.72. The lowest BCUT2D eigenvalue weighted by Crippen LogP contribution is -2.20. The normalized spacial score (nSPS) is 11.0. The number of carbonyl (C=O) groups is 1. The van der Waals surface area contributed by atoms with Gasteiger partial charge in [-0.05, 0) is 42.8 Å². The highest BCUT2D eigenvalue weighted by Crippen LogP contribution is 2.27. The van der Waals surface area contributed by atoms with Crippen molar-refractivity contribution < 1.29 is 19.0 Å². The van der Waals surface area contributed by atoms with Crippen LogP contribution in [0.15, 0.2) is 41.5 Å². The Morgan fingerprint density at radius 2 is 1.79 bits per heavy atom. The summed E-state index contributed by atoms with van der Waals surface area (Å²) in [6.45, 7) is 1.95. The topological polar surface area (TPSA) is 84.9 Å². The Labute approximate surface area is 163 Å². The molecule has 0 bridgehead atoms. The van der Waals surface area contributed by atoms with Crippen molar-refractivity contribution in [1.82, 2.24) is 10.4 Å². The Bertz CT molecular complexity index is 1020. The number of rotatable bonds is 7. The van der Waals surface area contributed by atoms with E-state index in [0.717, 1.165) is 33.5 Å². The van der Waals surface area contributed by atoms with Crippen LogP contribution in [0.2, 0.25) is 0 Å². The molecule has 1 amide bonds. The summed E-state index contributed by atoms with van der Waals surface area (Å²) >= 11 is 0. The zero-order valence-corrected chi connectivity index (χ0v) is 16.3. The van der Waals surface area contributed by atoms with Crippen molar-refractivity contribution in [3.05, 3.63) is 53.2 Å². The predicted molar refractivity (Wildman–Crippen MR) is 109 cm³/mol. The monoisotopic (exact) mass is 381 g/mol. The van der Waals surface area contributed by atoms with Crippen molar-refractivity contribution in [2.24, 2.45) is 5.10 Å². The Hall–Kier alpha value is -3.48. The van der Waals surface area contributed by atoms with Crippen LogP contribution in [0.1, 0.15) is 16.8 Å². The molecule has 0 saturated carbocycles. The summed E-state index contributed by atoms with van der Waals surface area (Å²) in [5.41, 5.74) is 6.13. The number of fused-ring (bicyclic) bond motifs is 1. The summed E-state index contributed by atoms with van der Waals surface area (Å²) in [4.78, 5) is 15.7. The number of hydrazone groups is 1. The number of hydrogen-bond donors (Lipinski definition) is 2. The maximum Gasteiger partial charge on any atom is 0.244 e. The van der Waals surface area contributed by atoms with E-state index in [1.807, 2.05) is 31.2 Å². The molecule has 0 atom stereocenters. The molecule has 2 N–H and O–H groups in total. The third-order valence-corrected chi connectivity index (χ3v) is 4.50. The minimum absolute atomic E-state index is 0.204. The summed E-state index contributed by atoms with van der Waals surface area (Å²) in [7, 11) is 4.78. The minimum atomic E-state index is -0.212. The van der Waals surface area contributed by atoms with Gasteiger partial charge in [-0.3, -0.25) is 4.79 Å². The lowest BCUT2D eigenvalue weighted by atomic mass is 10.1. The molecule has 1 aromatic heterocycles. The number of aromatic nitrogens is 1. The predicted octanol–water partition coefficient (Wildman–Crippen LogP) is 3.19. The molecule has 0 saturated heterocycles. The third-order valence-electron chi connectivity index (χ3n) is 4.50. The van der Waals surface area contributed by atoms with Crippen molar-refractivity contribution in [2.75, 3.05) is 21.3 Å². The zero-order chi connectivity index (χ0) is 20.1. The highest BCUT2D eigenvalue weighted by atomic mass is 16.5. The van der Waals surface area contributed by atoms with Crippen LogP contribution < -0.4 is 19.6 Å². The van der Waals surface area contributed by atoms with Crippen LogP contribution in [0.5, 0.6) is 17.2 Å². The number of amides is 1. The van der Waals surface area contributed by atoms with Gasteiger partial charge in [0.2, 0.25) is 5.91 Å². The number of hydrogen-bond acceptors (Lipinski definition) is 5. The second kappa shape index (κ2) is 8.47. The van der Waals surface area contributed by atoms with E-state index in [9.17, 15) is 4.79 Å². The van der Waals surface area contributed by atoms with Crippen molar-refractivity contribution >= 4 is 23.0 Å². The molecular weight excluding hydrogens is 358 g/mol. The molecule has 1 heterocycles. The summed E-state index contributed by atoms with van der Waals surface area (Å²) in [6, 6.07) is 11.1. The van der Waals surface area contributed by atoms with Crippen LogP contribution >= 0.6 is 0 Å². The number of methoxy groups -OCH3 is 3. The van der Waals surface area contributed by atoms with E-state index in [-0.39, 0.29) is 12.3 Å². The molecule has 0 fully saturated rings. The average Bonchev–Trinajstić information content (AvgIpc) is 3.02. The molecule has 146 valence electrons. The first-order chi connectivity index (χ1) is 13.5. The number of aromatic amines is 1. The second-order valence-electron chi connectivity index (χ2n) is 6.22. The highest BCUT2D eigenvalue weighted by molar-refractivity contribution is 5.91. The molecule has 0 aliphatic rings. The van der Waals surface area contributed by atoms with Crippen molar-refractivity contribution in [3.63, 3.8) is 0 Å². The SMILES string of the molecule is COc1ccc(C=NNC(=O)Cc2c(C)[nH]c3ccc(OC)cc23)c(OC)c1. The number of aryl methyl sites for hydroxylation is 1. The maximum atomic E-state index is 12.4. The fourth-order valence-electron chi connectivity index (χ4n) is 3.02. The van der Waals surface area contributed by atoms with Crippen LogP contribution in [-0.2, 0) is 11.2 Å². The van der Waals surface area contributed by atoms with Gasteiger partial charge in [0.15, 0.2) is 0 Å². The van der Waals surface area contributed by atoms with E-state index >= 15 is 0 Å². The fourth-order valence-corrected chi connectivity index (χ4v) is 3.02. The van der Waals surface area contributed by atoms with Gasteiger partial charge < -0.3 is 19.2 Å². The van der Waals surface area contributed by atoms with Crippen LogP contribution in [-0.4, -0.2) is 38.4 Å². The van der Waals surface area contributed by atoms with Crippen molar-refractivity contribution in [3.8, 4) is 17.2 Å². The first kappa shape index (κ1) is 19.3. The molecule has 2 aromatic carbocycles. The number of ether oxygens (including phenoxy) is 3. The largest absolute Gasteiger partial charge is 0.497 e. The quantitative estimate of drug-likeness (QED) is 0.486. The molecule has 0 aliphatic carbocycles. The Morgan fingerprint density at radius 3 is 2.50 bits per heavy atom. The number of benzene rings is 2. The summed E-state index contributed by atoms with van der Waals surface area (Å²) < 4.78 is 15.8. The zero-order valence-electron chi connectivity index (χ0n) is 16.3. The third kappa shape index (κ3) is 4.09. The molecule has 0 spiro atoms. The van der Waals surface area contributed by atoms with Gasteiger partial charge in [0.25, 0.3) is 0 Å². The van der Waals surface area contributed by atoms with E-state index < -0.39 is 0 Å². The maximum absolute atomic E-state index is 12.4. The molecule has 0 aliphatic heterocycles. The molecule has 7 heteroatoms. The van der Waals surface area contributed by atoms with E-state index in [0.29, 0.717) is 11.5 Å². The standard InChI is InChI=1S/C21H23N3O4/c1-13-17(18-9-15(26-2)7-8-19(18)23-13)11-21(25)24-22-12-14-5-6-16(27-3)10-20(14)28-4/h5-10,12,23H,11H2,1-4H3,(H,24,25). The van der Waals surface area contributed by atoms with Crippen LogP contribution in [0.4, 0.5) is 0 Å². The summed E-state index contributed by atoms with van der Waals surface area (Å²) in [5, 5.41) is 5.01. The first-order valence-corrected chi connectivity index (χ1v) is 8.74. The van der Waals surface area contributed by atoms with Gasteiger partial charge in [-0.15, -0.1) is 0 Å². The molecule has 3 aromatic rings. The van der Waals surface area contributed by atoms with E-state index in [1.54, 1.807) is 39.7 Å². The van der Waals surface area contributed by atoms with Crippen molar-refractivity contribution in [1.29, 1.82) is 0 Å². The van der Waals surface area contributed by atoms with Gasteiger partial charge in [0.05, 0.1) is 34.0 Å². The molecular formula is C21H23N3O4. The van der Waals surface area contributed by atoms with Crippen LogP contribution in [0, 0.1) is 6.92 Å². The molecule has 3 rings (SSSR count). The van der Waals surface area contributed by atoms with Gasteiger partial charge in [-0.25, -0.2) is 5.43 Å². The average molecular weight is 381 g/mol. The molecule has 0 radical (unpaired) electrons. The number of nitrogens with zero attached hydrogens (tertiary/aromatic N) is 1. The lowest BCUT2D eigenvalue weighted by Gasteiger charge is -2.07.